The van der Waals surface area contributed by atoms with Gasteiger partial charge in [-0.25, -0.2) is 17.5 Å². The molecule has 0 aliphatic heterocycles. The number of hydrogen-bond donors (Lipinski definition) is 1. The quantitative estimate of drug-likeness (QED) is 0.894. The van der Waals surface area contributed by atoms with Gasteiger partial charge < -0.3 is 4.74 Å². The lowest BCUT2D eigenvalue weighted by molar-refractivity contribution is 0.0977. The first-order chi connectivity index (χ1) is 10.7. The molecule has 1 N–H and O–H groups in total. The van der Waals surface area contributed by atoms with E-state index in [1.807, 2.05) is 0 Å². The molecule has 1 aromatic rings. The highest BCUT2D eigenvalue weighted by molar-refractivity contribution is 7.89. The van der Waals surface area contributed by atoms with Crippen molar-refractivity contribution in [1.82, 2.24) is 4.72 Å². The van der Waals surface area contributed by atoms with Crippen LogP contribution in [0.15, 0.2) is 12.1 Å². The zero-order chi connectivity index (χ0) is 16.9. The second-order valence-electron chi connectivity index (χ2n) is 6.36. The first-order valence-electron chi connectivity index (χ1n) is 7.33. The van der Waals surface area contributed by atoms with E-state index >= 15 is 0 Å². The summed E-state index contributed by atoms with van der Waals surface area (Å²) in [6.45, 7) is 2.22. The van der Waals surface area contributed by atoms with E-state index in [1.165, 1.54) is 0 Å². The van der Waals surface area contributed by atoms with Crippen LogP contribution in [0, 0.1) is 23.6 Å². The number of benzene rings is 1. The van der Waals surface area contributed by atoms with Gasteiger partial charge in [0.25, 0.3) is 5.91 Å². The fourth-order valence-electron chi connectivity index (χ4n) is 3.41. The van der Waals surface area contributed by atoms with E-state index in [0.717, 1.165) is 37.1 Å². The minimum Gasteiger partial charge on any atom is -0.489 e. The van der Waals surface area contributed by atoms with E-state index < -0.39 is 27.3 Å². The van der Waals surface area contributed by atoms with Gasteiger partial charge in [0, 0.05) is 6.07 Å². The Balaban J connectivity index is 1.74. The molecule has 0 heterocycles. The van der Waals surface area contributed by atoms with Crippen LogP contribution in [0.3, 0.4) is 0 Å². The molecule has 8 heteroatoms. The molecule has 0 spiro atoms. The van der Waals surface area contributed by atoms with E-state index in [2.05, 4.69) is 6.92 Å². The largest absolute Gasteiger partial charge is 0.489 e. The summed E-state index contributed by atoms with van der Waals surface area (Å²) in [6.07, 6.45) is 2.68. The molecule has 0 bridgehead atoms. The van der Waals surface area contributed by atoms with Crippen molar-refractivity contribution in [3.05, 3.63) is 28.5 Å². The summed E-state index contributed by atoms with van der Waals surface area (Å²) in [4.78, 5) is 11.7. The van der Waals surface area contributed by atoms with Crippen molar-refractivity contribution in [3.8, 4) is 5.75 Å². The van der Waals surface area contributed by atoms with E-state index in [4.69, 9.17) is 16.3 Å². The fraction of sp³-hybridized carbons (Fsp3) is 0.533. The number of ether oxygens (including phenoxy) is 1. The Morgan fingerprint density at radius 3 is 2.52 bits per heavy atom. The Hall–Kier alpha value is -1.34. The van der Waals surface area contributed by atoms with E-state index in [1.54, 1.807) is 4.72 Å². The molecule has 2 aliphatic rings. The molecule has 1 amide bonds. The summed E-state index contributed by atoms with van der Waals surface area (Å²) in [6, 6.07) is 2.12. The molecule has 0 aromatic heterocycles. The molecule has 2 aliphatic carbocycles. The molecule has 2 fully saturated rings. The van der Waals surface area contributed by atoms with Gasteiger partial charge in [0.2, 0.25) is 10.0 Å². The van der Waals surface area contributed by atoms with Crippen LogP contribution in [0.4, 0.5) is 4.39 Å². The zero-order valence-electron chi connectivity index (χ0n) is 12.7. The number of fused-ring (bicyclic) bond motifs is 1. The molecule has 2 atom stereocenters. The third-order valence-electron chi connectivity index (χ3n) is 4.67. The average Bonchev–Trinajstić information content (AvgIpc) is 2.84. The SMILES string of the molecule is CC1C2CC(Oc3cc(F)c(C(=O)NS(C)(=O)=O)cc3Cl)CC12. The Morgan fingerprint density at radius 2 is 1.96 bits per heavy atom. The van der Waals surface area contributed by atoms with Crippen molar-refractivity contribution < 1.29 is 22.3 Å². The Bertz CT molecular complexity index is 755. The molecule has 0 saturated heterocycles. The second kappa shape index (κ2) is 5.63. The van der Waals surface area contributed by atoms with Crippen LogP contribution >= 0.6 is 11.6 Å². The van der Waals surface area contributed by atoms with Gasteiger partial charge in [-0.1, -0.05) is 18.5 Å². The predicted molar refractivity (Wildman–Crippen MR) is 83.5 cm³/mol. The lowest BCUT2D eigenvalue weighted by atomic mass is 10.1. The van der Waals surface area contributed by atoms with Crippen molar-refractivity contribution in [2.75, 3.05) is 6.26 Å². The minimum atomic E-state index is -3.78. The Morgan fingerprint density at radius 1 is 1.35 bits per heavy atom. The number of carbonyl (C=O) groups excluding carboxylic acids is 1. The first-order valence-corrected chi connectivity index (χ1v) is 9.60. The minimum absolute atomic E-state index is 0.00814. The van der Waals surface area contributed by atoms with E-state index in [9.17, 15) is 17.6 Å². The summed E-state index contributed by atoms with van der Waals surface area (Å²) in [7, 11) is -3.78. The van der Waals surface area contributed by atoms with Crippen LogP contribution in [0.25, 0.3) is 0 Å². The van der Waals surface area contributed by atoms with E-state index in [-0.39, 0.29) is 16.9 Å². The number of hydrogen-bond acceptors (Lipinski definition) is 4. The fourth-order valence-corrected chi connectivity index (χ4v) is 4.07. The lowest BCUT2D eigenvalue weighted by Crippen LogP contribution is -2.30. The van der Waals surface area contributed by atoms with Gasteiger partial charge >= 0.3 is 0 Å². The van der Waals surface area contributed by atoms with Gasteiger partial charge in [0.1, 0.15) is 11.6 Å². The van der Waals surface area contributed by atoms with Crippen molar-refractivity contribution in [1.29, 1.82) is 0 Å². The number of sulfonamides is 1. The molecule has 126 valence electrons. The number of halogens is 2. The van der Waals surface area contributed by atoms with Gasteiger partial charge in [0.05, 0.1) is 22.9 Å². The van der Waals surface area contributed by atoms with Crippen molar-refractivity contribution in [2.45, 2.75) is 25.9 Å². The van der Waals surface area contributed by atoms with Crippen LogP contribution in [0.5, 0.6) is 5.75 Å². The average molecular weight is 362 g/mol. The highest BCUT2D eigenvalue weighted by Gasteiger charge is 2.53. The molecular weight excluding hydrogens is 345 g/mol. The van der Waals surface area contributed by atoms with E-state index in [0.29, 0.717) is 11.8 Å². The Labute approximate surface area is 139 Å². The number of nitrogens with one attached hydrogen (secondary N) is 1. The normalized spacial score (nSPS) is 29.0. The van der Waals surface area contributed by atoms with Crippen LogP contribution in [-0.2, 0) is 10.0 Å². The molecule has 5 nitrogen and oxygen atoms in total. The summed E-state index contributed by atoms with van der Waals surface area (Å²) >= 11 is 6.05. The summed E-state index contributed by atoms with van der Waals surface area (Å²) in [5.41, 5.74) is -0.435. The smallest absolute Gasteiger partial charge is 0.267 e. The van der Waals surface area contributed by atoms with Crippen molar-refractivity contribution in [3.63, 3.8) is 0 Å². The monoisotopic (exact) mass is 361 g/mol. The van der Waals surface area contributed by atoms with Crippen LogP contribution < -0.4 is 9.46 Å². The first kappa shape index (κ1) is 16.5. The summed E-state index contributed by atoms with van der Waals surface area (Å²) in [5, 5.41) is 0.0821. The predicted octanol–water partition coefficient (Wildman–Crippen LogP) is 2.59. The van der Waals surface area contributed by atoms with Gasteiger partial charge in [-0.2, -0.15) is 0 Å². The molecule has 2 unspecified atom stereocenters. The molecule has 1 aromatic carbocycles. The summed E-state index contributed by atoms with van der Waals surface area (Å²) in [5.74, 6) is 0.353. The maximum atomic E-state index is 14.1. The number of rotatable bonds is 4. The highest BCUT2D eigenvalue weighted by Crippen LogP contribution is 2.57. The number of amides is 1. The van der Waals surface area contributed by atoms with Gasteiger partial charge in [-0.05, 0) is 36.7 Å². The zero-order valence-corrected chi connectivity index (χ0v) is 14.2. The third kappa shape index (κ3) is 3.45. The highest BCUT2D eigenvalue weighted by atomic mass is 35.5. The molecule has 0 radical (unpaired) electrons. The van der Waals surface area contributed by atoms with Crippen LogP contribution in [0.2, 0.25) is 5.02 Å². The third-order valence-corrected chi connectivity index (χ3v) is 5.52. The van der Waals surface area contributed by atoms with Crippen molar-refractivity contribution >= 4 is 27.5 Å². The number of carbonyl (C=O) groups is 1. The maximum Gasteiger partial charge on any atom is 0.267 e. The Kier molecular flexibility index (Phi) is 4.04. The van der Waals surface area contributed by atoms with Gasteiger partial charge in [0.15, 0.2) is 0 Å². The van der Waals surface area contributed by atoms with Crippen LogP contribution in [-0.4, -0.2) is 26.7 Å². The summed E-state index contributed by atoms with van der Waals surface area (Å²) < 4.78 is 43.7. The molecule has 2 saturated carbocycles. The van der Waals surface area contributed by atoms with Gasteiger partial charge in [-0.15, -0.1) is 0 Å². The topological polar surface area (TPSA) is 72.5 Å². The lowest BCUT2D eigenvalue weighted by Gasteiger charge is -2.17. The molecule has 23 heavy (non-hydrogen) atoms. The molecular formula is C15H17ClFNO4S. The van der Waals surface area contributed by atoms with Gasteiger partial charge in [-0.3, -0.25) is 4.79 Å². The maximum absolute atomic E-state index is 14.1. The molecule has 3 rings (SSSR count). The second-order valence-corrected chi connectivity index (χ2v) is 8.52. The van der Waals surface area contributed by atoms with Crippen LogP contribution in [0.1, 0.15) is 30.1 Å². The van der Waals surface area contributed by atoms with Crippen molar-refractivity contribution in [2.24, 2.45) is 17.8 Å². The standard InChI is InChI=1S/C15H17ClFNO4S/c1-7-9-3-8(4-10(7)9)22-14-6-13(17)11(5-12(14)16)15(19)18-23(2,20)21/h5-10H,3-4H2,1-2H3,(H,18,19).